The molecule has 0 saturated carbocycles. The Hall–Kier alpha value is -2.15. The molecule has 100 valence electrons. The molecular formula is C12H16N6O. The predicted octanol–water partition coefficient (Wildman–Crippen LogP) is -0.534. The summed E-state index contributed by atoms with van der Waals surface area (Å²) in [4.78, 5) is 19.0. The van der Waals surface area contributed by atoms with Crippen LogP contribution in [0.4, 0.5) is 5.82 Å². The zero-order valence-corrected chi connectivity index (χ0v) is 10.6. The Bertz CT molecular complexity index is 587. The molecule has 3 rings (SSSR count). The number of nitrogens with two attached hydrogens (primary N) is 1. The number of piperazine rings is 1. The van der Waals surface area contributed by atoms with E-state index in [2.05, 4.69) is 15.0 Å². The second kappa shape index (κ2) is 4.85. The van der Waals surface area contributed by atoms with E-state index in [1.165, 1.54) is 0 Å². The van der Waals surface area contributed by atoms with E-state index in [0.29, 0.717) is 6.54 Å². The van der Waals surface area contributed by atoms with Crippen LogP contribution >= 0.6 is 0 Å². The number of anilines is 1. The molecule has 1 aliphatic heterocycles. The van der Waals surface area contributed by atoms with Crippen LogP contribution in [0.15, 0.2) is 18.3 Å². The SMILES string of the molecule is NCc1cn2nc(N3CCN(C=O)CC3)ccc2n1. The van der Waals surface area contributed by atoms with Gasteiger partial charge >= 0.3 is 0 Å². The Morgan fingerprint density at radius 1 is 1.26 bits per heavy atom. The van der Waals surface area contributed by atoms with Gasteiger partial charge in [-0.3, -0.25) is 4.79 Å². The molecule has 7 nitrogen and oxygen atoms in total. The van der Waals surface area contributed by atoms with E-state index < -0.39 is 0 Å². The third kappa shape index (κ3) is 2.24. The Morgan fingerprint density at radius 3 is 2.74 bits per heavy atom. The van der Waals surface area contributed by atoms with Gasteiger partial charge in [0.25, 0.3) is 0 Å². The molecule has 1 amide bonds. The normalized spacial score (nSPS) is 16.1. The summed E-state index contributed by atoms with van der Waals surface area (Å²) >= 11 is 0. The number of hydrogen-bond donors (Lipinski definition) is 1. The third-order valence-electron chi connectivity index (χ3n) is 3.35. The lowest BCUT2D eigenvalue weighted by Crippen LogP contribution is -2.46. The van der Waals surface area contributed by atoms with Gasteiger partial charge < -0.3 is 15.5 Å². The molecule has 7 heteroatoms. The molecule has 2 aromatic heterocycles. The van der Waals surface area contributed by atoms with Crippen LogP contribution < -0.4 is 10.6 Å². The third-order valence-corrected chi connectivity index (χ3v) is 3.35. The van der Waals surface area contributed by atoms with E-state index in [1.54, 1.807) is 9.42 Å². The highest BCUT2D eigenvalue weighted by molar-refractivity contribution is 5.50. The monoisotopic (exact) mass is 260 g/mol. The molecule has 3 heterocycles. The van der Waals surface area contributed by atoms with Crippen LogP contribution in [0.25, 0.3) is 5.65 Å². The van der Waals surface area contributed by atoms with Gasteiger partial charge in [0.05, 0.1) is 11.9 Å². The summed E-state index contributed by atoms with van der Waals surface area (Å²) in [5.41, 5.74) is 7.20. The average Bonchev–Trinajstić information content (AvgIpc) is 2.89. The predicted molar refractivity (Wildman–Crippen MR) is 70.7 cm³/mol. The fourth-order valence-electron chi connectivity index (χ4n) is 2.24. The molecular weight excluding hydrogens is 244 g/mol. The van der Waals surface area contributed by atoms with E-state index in [-0.39, 0.29) is 0 Å². The Morgan fingerprint density at radius 2 is 2.05 bits per heavy atom. The molecule has 0 aromatic carbocycles. The van der Waals surface area contributed by atoms with Gasteiger partial charge in [0.15, 0.2) is 5.65 Å². The quantitative estimate of drug-likeness (QED) is 0.750. The lowest BCUT2D eigenvalue weighted by molar-refractivity contribution is -0.118. The Labute approximate surface area is 110 Å². The first-order chi connectivity index (χ1) is 9.30. The zero-order valence-electron chi connectivity index (χ0n) is 10.6. The van der Waals surface area contributed by atoms with Gasteiger partial charge in [-0.05, 0) is 12.1 Å². The summed E-state index contributed by atoms with van der Waals surface area (Å²) < 4.78 is 1.75. The zero-order chi connectivity index (χ0) is 13.2. The van der Waals surface area contributed by atoms with Crippen LogP contribution in [0, 0.1) is 0 Å². The Balaban J connectivity index is 1.83. The van der Waals surface area contributed by atoms with Gasteiger partial charge in [0, 0.05) is 32.7 Å². The molecule has 1 fully saturated rings. The van der Waals surface area contributed by atoms with Crippen LogP contribution in [0.2, 0.25) is 0 Å². The summed E-state index contributed by atoms with van der Waals surface area (Å²) in [6, 6.07) is 3.90. The van der Waals surface area contributed by atoms with Crippen LogP contribution in [-0.4, -0.2) is 52.1 Å². The maximum atomic E-state index is 10.7. The van der Waals surface area contributed by atoms with Gasteiger partial charge in [-0.25, -0.2) is 9.50 Å². The highest BCUT2D eigenvalue weighted by Gasteiger charge is 2.17. The molecule has 2 N–H and O–H groups in total. The van der Waals surface area contributed by atoms with Crippen molar-refractivity contribution in [1.82, 2.24) is 19.5 Å². The maximum absolute atomic E-state index is 10.7. The van der Waals surface area contributed by atoms with Gasteiger partial charge in [-0.2, -0.15) is 0 Å². The number of carbonyl (C=O) groups excluding carboxylic acids is 1. The lowest BCUT2D eigenvalue weighted by atomic mass is 10.3. The second-order valence-electron chi connectivity index (χ2n) is 4.56. The van der Waals surface area contributed by atoms with Crippen molar-refractivity contribution in [3.8, 4) is 0 Å². The fraction of sp³-hybridized carbons (Fsp3) is 0.417. The second-order valence-corrected chi connectivity index (χ2v) is 4.56. The average molecular weight is 260 g/mol. The lowest BCUT2D eigenvalue weighted by Gasteiger charge is -2.33. The van der Waals surface area contributed by atoms with Crippen LogP contribution in [0.5, 0.6) is 0 Å². The highest BCUT2D eigenvalue weighted by Crippen LogP contribution is 2.14. The summed E-state index contributed by atoms with van der Waals surface area (Å²) in [5, 5.41) is 4.54. The molecule has 0 radical (unpaired) electrons. The molecule has 0 atom stereocenters. The number of amides is 1. The minimum atomic E-state index is 0.413. The fourth-order valence-corrected chi connectivity index (χ4v) is 2.24. The molecule has 0 unspecified atom stereocenters. The first-order valence-corrected chi connectivity index (χ1v) is 6.30. The van der Waals surface area contributed by atoms with Crippen molar-refractivity contribution in [1.29, 1.82) is 0 Å². The van der Waals surface area contributed by atoms with Crippen molar-refractivity contribution < 1.29 is 4.79 Å². The summed E-state index contributed by atoms with van der Waals surface area (Å²) in [6.07, 6.45) is 2.75. The van der Waals surface area contributed by atoms with E-state index >= 15 is 0 Å². The van der Waals surface area contributed by atoms with Crippen LogP contribution in [0.1, 0.15) is 5.69 Å². The van der Waals surface area contributed by atoms with E-state index in [9.17, 15) is 4.79 Å². The van der Waals surface area contributed by atoms with Crippen LogP contribution in [0.3, 0.4) is 0 Å². The van der Waals surface area contributed by atoms with E-state index in [0.717, 1.165) is 49.7 Å². The first kappa shape index (κ1) is 11.9. The first-order valence-electron chi connectivity index (χ1n) is 6.30. The van der Waals surface area contributed by atoms with Gasteiger partial charge in [0.1, 0.15) is 5.82 Å². The standard InChI is InChI=1S/C12H16N6O/c13-7-10-8-18-11(14-10)1-2-12(15-18)17-5-3-16(9-19)4-6-17/h1-2,8-9H,3-7,13H2. The largest absolute Gasteiger partial charge is 0.352 e. The summed E-state index contributed by atoms with van der Waals surface area (Å²) in [6.45, 7) is 3.49. The maximum Gasteiger partial charge on any atom is 0.209 e. The molecule has 1 aliphatic rings. The number of imidazole rings is 1. The number of aromatic nitrogens is 3. The molecule has 0 spiro atoms. The topological polar surface area (TPSA) is 79.8 Å². The van der Waals surface area contributed by atoms with Crippen molar-refractivity contribution >= 4 is 17.9 Å². The van der Waals surface area contributed by atoms with Gasteiger partial charge in [0.2, 0.25) is 6.41 Å². The van der Waals surface area contributed by atoms with Crippen molar-refractivity contribution in [2.75, 3.05) is 31.1 Å². The smallest absolute Gasteiger partial charge is 0.209 e. The van der Waals surface area contributed by atoms with Crippen molar-refractivity contribution in [2.45, 2.75) is 6.54 Å². The number of fused-ring (bicyclic) bond motifs is 1. The van der Waals surface area contributed by atoms with Crippen molar-refractivity contribution in [2.24, 2.45) is 5.73 Å². The summed E-state index contributed by atoms with van der Waals surface area (Å²) in [5.74, 6) is 0.902. The number of carbonyl (C=O) groups is 1. The van der Waals surface area contributed by atoms with Crippen molar-refractivity contribution in [3.63, 3.8) is 0 Å². The van der Waals surface area contributed by atoms with Crippen LogP contribution in [-0.2, 0) is 11.3 Å². The number of rotatable bonds is 3. The highest BCUT2D eigenvalue weighted by atomic mass is 16.1. The van der Waals surface area contributed by atoms with Gasteiger partial charge in [-0.15, -0.1) is 5.10 Å². The molecule has 1 saturated heterocycles. The van der Waals surface area contributed by atoms with Crippen molar-refractivity contribution in [3.05, 3.63) is 24.0 Å². The molecule has 0 aliphatic carbocycles. The summed E-state index contributed by atoms with van der Waals surface area (Å²) in [7, 11) is 0. The Kier molecular flexibility index (Phi) is 3.04. The molecule has 0 bridgehead atoms. The number of nitrogens with zero attached hydrogens (tertiary/aromatic N) is 5. The molecule has 2 aromatic rings. The van der Waals surface area contributed by atoms with E-state index in [1.807, 2.05) is 18.3 Å². The minimum absolute atomic E-state index is 0.413. The molecule has 19 heavy (non-hydrogen) atoms. The minimum Gasteiger partial charge on any atom is -0.352 e. The van der Waals surface area contributed by atoms with E-state index in [4.69, 9.17) is 5.73 Å². The number of hydrogen-bond acceptors (Lipinski definition) is 5. The van der Waals surface area contributed by atoms with Gasteiger partial charge in [-0.1, -0.05) is 0 Å².